The second-order valence-corrected chi connectivity index (χ2v) is 6.60. The molecule has 5 unspecified atom stereocenters. The molecule has 4 rings (SSSR count). The van der Waals surface area contributed by atoms with E-state index >= 15 is 0 Å². The monoisotopic (exact) mass is 370 g/mol. The Labute approximate surface area is 156 Å². The molecule has 1 aromatic heterocycles. The number of amides is 2. The van der Waals surface area contributed by atoms with Gasteiger partial charge in [-0.15, -0.1) is 6.58 Å². The number of nitrogens with one attached hydrogen (secondary N) is 2. The summed E-state index contributed by atoms with van der Waals surface area (Å²) in [5, 5.41) is 20.8. The zero-order valence-corrected chi connectivity index (χ0v) is 14.7. The number of aromatic nitrogens is 2. The first-order valence-electron chi connectivity index (χ1n) is 8.87. The van der Waals surface area contributed by atoms with Crippen LogP contribution in [0.3, 0.4) is 0 Å². The number of hydrogen-bond donors (Lipinski definition) is 3. The molecule has 8 heteroatoms. The van der Waals surface area contributed by atoms with E-state index < -0.39 is 36.6 Å². The van der Waals surface area contributed by atoms with Gasteiger partial charge in [0, 0.05) is 18.3 Å². The Morgan fingerprint density at radius 2 is 2.19 bits per heavy atom. The highest BCUT2D eigenvalue weighted by molar-refractivity contribution is 5.74. The predicted octanol–water partition coefficient (Wildman–Crippen LogP) is 1.06. The molecule has 8 nitrogen and oxygen atoms in total. The van der Waals surface area contributed by atoms with Crippen LogP contribution in [0.4, 0.5) is 4.79 Å². The predicted molar refractivity (Wildman–Crippen MR) is 97.8 cm³/mol. The number of carbonyl (C=O) groups excluding carboxylic acids is 1. The summed E-state index contributed by atoms with van der Waals surface area (Å²) in [5.41, 5.74) is 1.95. The molecule has 0 radical (unpaired) electrons. The SMILES string of the molecule is C=CCNC(=O)NC1C2COC(O2)C(n2cc(-c3ccccc3)cn2)C1O. The normalized spacial score (nSPS) is 29.3. The molecule has 3 N–H and O–H groups in total. The first-order chi connectivity index (χ1) is 13.2. The van der Waals surface area contributed by atoms with Gasteiger partial charge in [-0.1, -0.05) is 36.4 Å². The maximum Gasteiger partial charge on any atom is 0.315 e. The zero-order chi connectivity index (χ0) is 18.8. The highest BCUT2D eigenvalue weighted by Gasteiger charge is 2.51. The van der Waals surface area contributed by atoms with Crippen molar-refractivity contribution in [1.82, 2.24) is 20.4 Å². The van der Waals surface area contributed by atoms with Crippen molar-refractivity contribution in [2.24, 2.45) is 0 Å². The third kappa shape index (κ3) is 3.46. The first kappa shape index (κ1) is 17.7. The molecule has 5 atom stereocenters. The molecule has 142 valence electrons. The molecule has 3 heterocycles. The smallest absolute Gasteiger partial charge is 0.315 e. The highest BCUT2D eigenvalue weighted by atomic mass is 16.7. The molecule has 1 aromatic carbocycles. The Bertz CT molecular complexity index is 809. The number of aliphatic hydroxyl groups excluding tert-OH is 1. The quantitative estimate of drug-likeness (QED) is 0.684. The van der Waals surface area contributed by atoms with Crippen molar-refractivity contribution >= 4 is 6.03 Å². The molecule has 2 saturated heterocycles. The highest BCUT2D eigenvalue weighted by Crippen LogP contribution is 2.36. The fourth-order valence-electron chi connectivity index (χ4n) is 3.51. The molecule has 0 aliphatic carbocycles. The van der Waals surface area contributed by atoms with E-state index in [1.807, 2.05) is 36.5 Å². The Balaban J connectivity index is 1.54. The standard InChI is InChI=1S/C19H22N4O4/c1-2-8-20-19(25)22-15-14-11-26-18(27-14)16(17(15)24)23-10-13(9-21-23)12-6-4-3-5-7-12/h2-7,9-10,14-18,24H,1,8,11H2,(H2,20,22,25). The van der Waals surface area contributed by atoms with E-state index in [1.54, 1.807) is 17.0 Å². The third-order valence-electron chi connectivity index (χ3n) is 4.85. The van der Waals surface area contributed by atoms with E-state index in [0.717, 1.165) is 11.1 Å². The van der Waals surface area contributed by atoms with E-state index in [1.165, 1.54) is 0 Å². The van der Waals surface area contributed by atoms with Crippen molar-refractivity contribution < 1.29 is 19.4 Å². The van der Waals surface area contributed by atoms with E-state index in [4.69, 9.17) is 9.47 Å². The number of rotatable bonds is 5. The maximum absolute atomic E-state index is 12.0. The van der Waals surface area contributed by atoms with Crippen LogP contribution >= 0.6 is 0 Å². The number of nitrogens with zero attached hydrogens (tertiary/aromatic N) is 2. The minimum absolute atomic E-state index is 0.303. The second-order valence-electron chi connectivity index (χ2n) is 6.60. The summed E-state index contributed by atoms with van der Waals surface area (Å²) < 4.78 is 13.2. The van der Waals surface area contributed by atoms with Gasteiger partial charge < -0.3 is 25.2 Å². The van der Waals surface area contributed by atoms with Crippen molar-refractivity contribution in [3.63, 3.8) is 0 Å². The number of benzene rings is 1. The molecule has 2 aliphatic heterocycles. The van der Waals surface area contributed by atoms with E-state index in [9.17, 15) is 9.90 Å². The number of aliphatic hydroxyl groups is 1. The summed E-state index contributed by atoms with van der Waals surface area (Å²) in [6.45, 7) is 4.20. The average molecular weight is 370 g/mol. The van der Waals surface area contributed by atoms with Crippen molar-refractivity contribution in [2.45, 2.75) is 30.6 Å². The van der Waals surface area contributed by atoms with Crippen LogP contribution < -0.4 is 10.6 Å². The molecule has 0 spiro atoms. The summed E-state index contributed by atoms with van der Waals surface area (Å²) >= 11 is 0. The van der Waals surface area contributed by atoms with Gasteiger partial charge in [-0.25, -0.2) is 4.79 Å². The van der Waals surface area contributed by atoms with Crippen molar-refractivity contribution in [3.8, 4) is 11.1 Å². The van der Waals surface area contributed by atoms with Gasteiger partial charge in [0.15, 0.2) is 6.29 Å². The Hall–Kier alpha value is -2.68. The topological polar surface area (TPSA) is 97.6 Å². The lowest BCUT2D eigenvalue weighted by Gasteiger charge is -2.38. The van der Waals surface area contributed by atoms with Gasteiger partial charge in [0.1, 0.15) is 18.2 Å². The summed E-state index contributed by atoms with van der Waals surface area (Å²) in [6.07, 6.45) is 3.25. The Morgan fingerprint density at radius 3 is 2.96 bits per heavy atom. The molecule has 2 amide bonds. The number of ether oxygens (including phenoxy) is 2. The Morgan fingerprint density at radius 1 is 1.37 bits per heavy atom. The number of hydrogen-bond acceptors (Lipinski definition) is 5. The molecule has 0 saturated carbocycles. The lowest BCUT2D eigenvalue weighted by atomic mass is 9.96. The van der Waals surface area contributed by atoms with Crippen LogP contribution in [0.1, 0.15) is 6.04 Å². The van der Waals surface area contributed by atoms with Gasteiger partial charge in [0.25, 0.3) is 0 Å². The average Bonchev–Trinajstić information content (AvgIpc) is 3.33. The van der Waals surface area contributed by atoms with Crippen molar-refractivity contribution in [2.75, 3.05) is 13.2 Å². The largest absolute Gasteiger partial charge is 0.388 e. The molecule has 27 heavy (non-hydrogen) atoms. The van der Waals surface area contributed by atoms with Gasteiger partial charge >= 0.3 is 6.03 Å². The number of carbonyl (C=O) groups is 1. The van der Waals surface area contributed by atoms with Gasteiger partial charge in [-0.05, 0) is 5.56 Å². The summed E-state index contributed by atoms with van der Waals surface area (Å²) in [7, 11) is 0. The molecular weight excluding hydrogens is 348 g/mol. The van der Waals surface area contributed by atoms with Gasteiger partial charge in [0.05, 0.1) is 18.8 Å². The van der Waals surface area contributed by atoms with E-state index in [0.29, 0.717) is 13.2 Å². The number of fused-ring (bicyclic) bond motifs is 2. The molecule has 2 fully saturated rings. The minimum atomic E-state index is -0.908. The number of urea groups is 1. The van der Waals surface area contributed by atoms with Crippen molar-refractivity contribution in [3.05, 3.63) is 55.4 Å². The summed E-state index contributed by atoms with van der Waals surface area (Å²) in [5.74, 6) is 0. The van der Waals surface area contributed by atoms with Crippen LogP contribution in [0.25, 0.3) is 11.1 Å². The maximum atomic E-state index is 12.0. The lowest BCUT2D eigenvalue weighted by Crippen LogP contribution is -2.60. The molecule has 2 bridgehead atoms. The van der Waals surface area contributed by atoms with Gasteiger partial charge in [-0.2, -0.15) is 5.10 Å². The van der Waals surface area contributed by atoms with E-state index in [2.05, 4.69) is 22.3 Å². The minimum Gasteiger partial charge on any atom is -0.388 e. The lowest BCUT2D eigenvalue weighted by molar-refractivity contribution is -0.166. The van der Waals surface area contributed by atoms with Crippen LogP contribution in [0.15, 0.2) is 55.4 Å². The second kappa shape index (κ2) is 7.51. The molecule has 2 aliphatic rings. The van der Waals surface area contributed by atoms with Crippen LogP contribution in [0.5, 0.6) is 0 Å². The fraction of sp³-hybridized carbons (Fsp3) is 0.368. The van der Waals surface area contributed by atoms with Gasteiger partial charge in [-0.3, -0.25) is 4.68 Å². The van der Waals surface area contributed by atoms with Crippen LogP contribution in [-0.4, -0.2) is 58.6 Å². The zero-order valence-electron chi connectivity index (χ0n) is 14.7. The fourth-order valence-corrected chi connectivity index (χ4v) is 3.51. The van der Waals surface area contributed by atoms with Crippen LogP contribution in [-0.2, 0) is 9.47 Å². The van der Waals surface area contributed by atoms with E-state index in [-0.39, 0.29) is 0 Å². The molecular formula is C19H22N4O4. The third-order valence-corrected chi connectivity index (χ3v) is 4.85. The molecule has 2 aromatic rings. The first-order valence-corrected chi connectivity index (χ1v) is 8.87. The van der Waals surface area contributed by atoms with Crippen LogP contribution in [0.2, 0.25) is 0 Å². The summed E-state index contributed by atoms with van der Waals surface area (Å²) in [6, 6.07) is 8.28. The summed E-state index contributed by atoms with van der Waals surface area (Å²) in [4.78, 5) is 12.0. The van der Waals surface area contributed by atoms with Crippen molar-refractivity contribution in [1.29, 1.82) is 0 Å². The van der Waals surface area contributed by atoms with Crippen LogP contribution in [0, 0.1) is 0 Å². The Kier molecular flexibility index (Phi) is 4.93. The van der Waals surface area contributed by atoms with Gasteiger partial charge in [0.2, 0.25) is 0 Å².